The van der Waals surface area contributed by atoms with Crippen LogP contribution in [0, 0.1) is 5.82 Å². The second-order valence-corrected chi connectivity index (χ2v) is 5.41. The van der Waals surface area contributed by atoms with Crippen molar-refractivity contribution < 1.29 is 9.18 Å². The van der Waals surface area contributed by atoms with E-state index in [1.807, 2.05) is 30.5 Å². The molecule has 5 nitrogen and oxygen atoms in total. The smallest absolute Gasteiger partial charge is 0.221 e. The highest BCUT2D eigenvalue weighted by atomic mass is 19.1. The molecule has 0 saturated carbocycles. The van der Waals surface area contributed by atoms with Crippen molar-refractivity contribution in [3.05, 3.63) is 66.2 Å². The Morgan fingerprint density at radius 3 is 2.62 bits per heavy atom. The molecule has 1 aromatic heterocycles. The van der Waals surface area contributed by atoms with Gasteiger partial charge in [-0.2, -0.15) is 5.10 Å². The monoisotopic (exact) mass is 324 g/mol. The third kappa shape index (κ3) is 3.78. The molecule has 0 atom stereocenters. The van der Waals surface area contributed by atoms with Gasteiger partial charge in [0.1, 0.15) is 5.82 Å². The fraction of sp³-hybridized carbons (Fsp3) is 0.111. The van der Waals surface area contributed by atoms with E-state index in [0.717, 1.165) is 22.4 Å². The van der Waals surface area contributed by atoms with E-state index < -0.39 is 5.82 Å². The third-order valence-electron chi connectivity index (χ3n) is 3.56. The number of hydrogen-bond acceptors (Lipinski definition) is 3. The number of aromatic amines is 1. The van der Waals surface area contributed by atoms with Gasteiger partial charge in [0, 0.05) is 30.9 Å². The Hall–Kier alpha value is -3.15. The quantitative estimate of drug-likeness (QED) is 0.669. The molecule has 2 aromatic carbocycles. The number of hydrogen-bond donors (Lipinski definition) is 3. The second-order valence-electron chi connectivity index (χ2n) is 5.41. The van der Waals surface area contributed by atoms with Gasteiger partial charge in [-0.15, -0.1) is 0 Å². The Labute approximate surface area is 138 Å². The lowest BCUT2D eigenvalue weighted by Gasteiger charge is -2.10. The van der Waals surface area contributed by atoms with Crippen LogP contribution >= 0.6 is 0 Å². The van der Waals surface area contributed by atoms with Crippen LogP contribution in [0.2, 0.25) is 0 Å². The number of anilines is 2. The second kappa shape index (κ2) is 6.95. The topological polar surface area (TPSA) is 69.8 Å². The van der Waals surface area contributed by atoms with Gasteiger partial charge in [0.25, 0.3) is 0 Å². The van der Waals surface area contributed by atoms with Crippen LogP contribution in [0.25, 0.3) is 11.1 Å². The summed E-state index contributed by atoms with van der Waals surface area (Å²) in [4.78, 5) is 11.1. The molecule has 122 valence electrons. The van der Waals surface area contributed by atoms with Crippen molar-refractivity contribution in [3.8, 4) is 11.1 Å². The molecule has 0 radical (unpaired) electrons. The van der Waals surface area contributed by atoms with Gasteiger partial charge in [0.15, 0.2) is 0 Å². The van der Waals surface area contributed by atoms with Crippen LogP contribution in [0.4, 0.5) is 15.8 Å². The molecule has 6 heteroatoms. The summed E-state index contributed by atoms with van der Waals surface area (Å²) >= 11 is 0. The predicted octanol–water partition coefficient (Wildman–Crippen LogP) is 3.79. The number of H-pyrrole nitrogens is 1. The standard InChI is InChI=1S/C18H17FN4O/c1-12(24)23-18-8-16(6-7-17(18)19)20-9-13-2-4-14(5-3-13)15-10-21-22-11-15/h2-8,10-11,20H,9H2,1H3,(H,21,22)(H,23,24). The zero-order valence-electron chi connectivity index (χ0n) is 13.1. The van der Waals surface area contributed by atoms with Crippen molar-refractivity contribution in [2.45, 2.75) is 13.5 Å². The Morgan fingerprint density at radius 2 is 1.96 bits per heavy atom. The minimum Gasteiger partial charge on any atom is -0.381 e. The molecule has 0 aliphatic heterocycles. The van der Waals surface area contributed by atoms with E-state index >= 15 is 0 Å². The lowest BCUT2D eigenvalue weighted by atomic mass is 10.1. The van der Waals surface area contributed by atoms with E-state index in [-0.39, 0.29) is 11.6 Å². The van der Waals surface area contributed by atoms with Crippen LogP contribution in [0.1, 0.15) is 12.5 Å². The van der Waals surface area contributed by atoms with Crippen molar-refractivity contribution in [2.24, 2.45) is 0 Å². The highest BCUT2D eigenvalue weighted by Crippen LogP contribution is 2.21. The number of carbonyl (C=O) groups is 1. The molecule has 24 heavy (non-hydrogen) atoms. The number of halogens is 1. The average molecular weight is 324 g/mol. The molecule has 1 heterocycles. The number of nitrogens with one attached hydrogen (secondary N) is 3. The first-order valence-corrected chi connectivity index (χ1v) is 7.51. The first kappa shape index (κ1) is 15.7. The summed E-state index contributed by atoms with van der Waals surface area (Å²) in [6, 6.07) is 12.6. The van der Waals surface area contributed by atoms with Crippen LogP contribution in [-0.4, -0.2) is 16.1 Å². The first-order chi connectivity index (χ1) is 11.6. The fourth-order valence-corrected chi connectivity index (χ4v) is 2.35. The highest BCUT2D eigenvalue weighted by Gasteiger charge is 2.05. The van der Waals surface area contributed by atoms with Crippen molar-refractivity contribution in [3.63, 3.8) is 0 Å². The Balaban J connectivity index is 1.66. The highest BCUT2D eigenvalue weighted by molar-refractivity contribution is 5.89. The Kier molecular flexibility index (Phi) is 4.56. The largest absolute Gasteiger partial charge is 0.381 e. The van der Waals surface area contributed by atoms with Gasteiger partial charge in [-0.3, -0.25) is 9.89 Å². The summed E-state index contributed by atoms with van der Waals surface area (Å²) < 4.78 is 13.6. The number of nitrogens with zero attached hydrogens (tertiary/aromatic N) is 1. The normalized spacial score (nSPS) is 10.4. The molecule has 3 rings (SSSR count). The summed E-state index contributed by atoms with van der Waals surface area (Å²) in [5.41, 5.74) is 4.12. The summed E-state index contributed by atoms with van der Waals surface area (Å²) in [5, 5.41) is 12.4. The minimum absolute atomic E-state index is 0.169. The van der Waals surface area contributed by atoms with Crippen LogP contribution in [0.3, 0.4) is 0 Å². The minimum atomic E-state index is -0.458. The summed E-state index contributed by atoms with van der Waals surface area (Å²) in [6.07, 6.45) is 3.62. The van der Waals surface area contributed by atoms with Crippen molar-refractivity contribution >= 4 is 17.3 Å². The lowest BCUT2D eigenvalue weighted by molar-refractivity contribution is -0.114. The van der Waals surface area contributed by atoms with Gasteiger partial charge in [-0.1, -0.05) is 24.3 Å². The van der Waals surface area contributed by atoms with Crippen LogP contribution < -0.4 is 10.6 Å². The molecule has 0 bridgehead atoms. The Morgan fingerprint density at radius 1 is 1.17 bits per heavy atom. The summed E-state index contributed by atoms with van der Waals surface area (Å²) in [5.74, 6) is -0.763. The van der Waals surface area contributed by atoms with E-state index in [1.165, 1.54) is 13.0 Å². The van der Waals surface area contributed by atoms with Crippen molar-refractivity contribution in [1.29, 1.82) is 0 Å². The Bertz CT molecular complexity index is 829. The summed E-state index contributed by atoms with van der Waals surface area (Å²) in [7, 11) is 0. The maximum absolute atomic E-state index is 13.6. The van der Waals surface area contributed by atoms with E-state index in [9.17, 15) is 9.18 Å². The first-order valence-electron chi connectivity index (χ1n) is 7.51. The lowest BCUT2D eigenvalue weighted by Crippen LogP contribution is -2.08. The van der Waals surface area contributed by atoms with Crippen molar-refractivity contribution in [1.82, 2.24) is 10.2 Å². The van der Waals surface area contributed by atoms with Gasteiger partial charge in [-0.05, 0) is 29.3 Å². The molecule has 0 saturated heterocycles. The maximum Gasteiger partial charge on any atom is 0.221 e. The SMILES string of the molecule is CC(=O)Nc1cc(NCc2ccc(-c3cn[nH]c3)cc2)ccc1F. The number of benzene rings is 2. The maximum atomic E-state index is 13.6. The van der Waals surface area contributed by atoms with E-state index in [2.05, 4.69) is 20.8 Å². The molecule has 0 aliphatic carbocycles. The average Bonchev–Trinajstić information content (AvgIpc) is 3.10. The number of rotatable bonds is 5. The zero-order chi connectivity index (χ0) is 16.9. The summed E-state index contributed by atoms with van der Waals surface area (Å²) in [6.45, 7) is 1.94. The molecule has 3 N–H and O–H groups in total. The molecular formula is C18H17FN4O. The van der Waals surface area contributed by atoms with E-state index in [0.29, 0.717) is 6.54 Å². The number of aromatic nitrogens is 2. The molecule has 0 aliphatic rings. The van der Waals surface area contributed by atoms with Gasteiger partial charge in [0.2, 0.25) is 5.91 Å². The van der Waals surface area contributed by atoms with Gasteiger partial charge < -0.3 is 10.6 Å². The molecule has 0 unspecified atom stereocenters. The molecule has 0 fully saturated rings. The third-order valence-corrected chi connectivity index (χ3v) is 3.56. The number of carbonyl (C=O) groups excluding carboxylic acids is 1. The van der Waals surface area contributed by atoms with Crippen LogP contribution in [-0.2, 0) is 11.3 Å². The number of amides is 1. The molecular weight excluding hydrogens is 307 g/mol. The molecule has 1 amide bonds. The fourth-order valence-electron chi connectivity index (χ4n) is 2.35. The zero-order valence-corrected chi connectivity index (χ0v) is 13.1. The van der Waals surface area contributed by atoms with E-state index in [4.69, 9.17) is 0 Å². The predicted molar refractivity (Wildman–Crippen MR) is 92.1 cm³/mol. The van der Waals surface area contributed by atoms with Gasteiger partial charge in [0.05, 0.1) is 11.9 Å². The molecule has 0 spiro atoms. The molecule has 3 aromatic rings. The van der Waals surface area contributed by atoms with Gasteiger partial charge >= 0.3 is 0 Å². The van der Waals surface area contributed by atoms with Crippen molar-refractivity contribution in [2.75, 3.05) is 10.6 Å². The van der Waals surface area contributed by atoms with Gasteiger partial charge in [-0.25, -0.2) is 4.39 Å². The van der Waals surface area contributed by atoms with Crippen LogP contribution in [0.15, 0.2) is 54.9 Å². The van der Waals surface area contributed by atoms with E-state index in [1.54, 1.807) is 18.3 Å². The van der Waals surface area contributed by atoms with Crippen LogP contribution in [0.5, 0.6) is 0 Å².